The number of aliphatic hydroxyl groups excluding tert-OH is 1. The molecule has 21 heavy (non-hydrogen) atoms. The Hall–Kier alpha value is -0.980. The minimum absolute atomic E-state index is 0.0943. The number of hydrogen-bond donors (Lipinski definition) is 2. The Labute approximate surface area is 127 Å². The van der Waals surface area contributed by atoms with Crippen LogP contribution in [0.1, 0.15) is 19.4 Å². The van der Waals surface area contributed by atoms with Crippen LogP contribution in [0, 0.1) is 5.92 Å². The number of anilines is 1. The molecule has 0 amide bonds. The highest BCUT2D eigenvalue weighted by Crippen LogP contribution is 2.36. The number of hydrogen-bond acceptors (Lipinski definition) is 3. The average Bonchev–Trinajstić information content (AvgIpc) is 2.36. The second-order valence-electron chi connectivity index (χ2n) is 5.16. The van der Waals surface area contributed by atoms with E-state index in [1.54, 1.807) is 0 Å². The van der Waals surface area contributed by atoms with Gasteiger partial charge in [-0.2, -0.15) is 13.2 Å². The number of halogens is 4. The molecular formula is C14H19ClF3NO2. The lowest BCUT2D eigenvalue weighted by atomic mass is 10.2. The van der Waals surface area contributed by atoms with Crippen LogP contribution in [0.15, 0.2) is 18.2 Å². The molecule has 0 bridgehead atoms. The Kier molecular flexibility index (Phi) is 6.77. The molecule has 0 aliphatic carbocycles. The van der Waals surface area contributed by atoms with E-state index < -0.39 is 17.8 Å². The van der Waals surface area contributed by atoms with Crippen LogP contribution in [0.3, 0.4) is 0 Å². The van der Waals surface area contributed by atoms with Crippen molar-refractivity contribution in [1.82, 2.24) is 0 Å². The Balaban J connectivity index is 2.52. The molecule has 1 aromatic carbocycles. The molecule has 0 saturated carbocycles. The van der Waals surface area contributed by atoms with Crippen molar-refractivity contribution < 1.29 is 23.0 Å². The zero-order chi connectivity index (χ0) is 16.0. The van der Waals surface area contributed by atoms with Crippen LogP contribution < -0.4 is 5.32 Å². The van der Waals surface area contributed by atoms with Gasteiger partial charge in [-0.15, -0.1) is 0 Å². The van der Waals surface area contributed by atoms with Gasteiger partial charge in [0.15, 0.2) is 0 Å². The summed E-state index contributed by atoms with van der Waals surface area (Å²) in [4.78, 5) is 0. The molecule has 0 heterocycles. The fourth-order valence-corrected chi connectivity index (χ4v) is 1.81. The van der Waals surface area contributed by atoms with Crippen LogP contribution in [0.25, 0.3) is 0 Å². The highest BCUT2D eigenvalue weighted by atomic mass is 35.5. The average molecular weight is 326 g/mol. The van der Waals surface area contributed by atoms with Crippen molar-refractivity contribution >= 4 is 17.3 Å². The molecule has 1 aromatic rings. The first-order chi connectivity index (χ1) is 9.70. The van der Waals surface area contributed by atoms with Gasteiger partial charge in [-0.05, 0) is 24.1 Å². The minimum atomic E-state index is -4.51. The van der Waals surface area contributed by atoms with Crippen molar-refractivity contribution in [3.05, 3.63) is 28.8 Å². The molecule has 1 unspecified atom stereocenters. The first kappa shape index (κ1) is 18.1. The lowest BCUT2D eigenvalue weighted by Gasteiger charge is -2.16. The van der Waals surface area contributed by atoms with Gasteiger partial charge in [0, 0.05) is 18.8 Å². The summed E-state index contributed by atoms with van der Waals surface area (Å²) < 4.78 is 43.3. The van der Waals surface area contributed by atoms with Gasteiger partial charge in [0.05, 0.1) is 23.3 Å². The maximum atomic E-state index is 12.7. The summed E-state index contributed by atoms with van der Waals surface area (Å²) in [7, 11) is 0. The molecule has 3 nitrogen and oxygen atoms in total. The van der Waals surface area contributed by atoms with E-state index in [-0.39, 0.29) is 23.9 Å². The Morgan fingerprint density at radius 3 is 2.52 bits per heavy atom. The fraction of sp³-hybridized carbons (Fsp3) is 0.571. The van der Waals surface area contributed by atoms with E-state index in [0.29, 0.717) is 12.5 Å². The van der Waals surface area contributed by atoms with E-state index in [0.717, 1.165) is 6.07 Å². The number of ether oxygens (including phenoxy) is 1. The van der Waals surface area contributed by atoms with E-state index in [2.05, 4.69) is 5.32 Å². The molecule has 0 aromatic heterocycles. The third-order valence-corrected chi connectivity index (χ3v) is 2.90. The highest BCUT2D eigenvalue weighted by Gasteiger charge is 2.33. The summed E-state index contributed by atoms with van der Waals surface area (Å²) in [6.45, 7) is 4.71. The van der Waals surface area contributed by atoms with Crippen LogP contribution in [0.2, 0.25) is 5.02 Å². The lowest BCUT2D eigenvalue weighted by molar-refractivity contribution is -0.137. The Morgan fingerprint density at radius 2 is 1.95 bits per heavy atom. The summed E-state index contributed by atoms with van der Waals surface area (Å²) in [5.41, 5.74) is -0.658. The first-order valence-electron chi connectivity index (χ1n) is 6.56. The molecule has 1 atom stereocenters. The SMILES string of the molecule is CC(C)COCC(O)CNc1ccc(Cl)c(C(F)(F)F)c1. The van der Waals surface area contributed by atoms with Crippen LogP contribution >= 0.6 is 11.6 Å². The smallest absolute Gasteiger partial charge is 0.389 e. The molecule has 2 N–H and O–H groups in total. The van der Waals surface area contributed by atoms with Crippen molar-refractivity contribution in [2.75, 3.05) is 25.1 Å². The number of rotatable bonds is 7. The van der Waals surface area contributed by atoms with Gasteiger partial charge in [-0.25, -0.2) is 0 Å². The summed E-state index contributed by atoms with van der Waals surface area (Å²) >= 11 is 5.52. The molecule has 1 rings (SSSR count). The Morgan fingerprint density at radius 1 is 1.29 bits per heavy atom. The van der Waals surface area contributed by atoms with Crippen LogP contribution in [0.4, 0.5) is 18.9 Å². The lowest BCUT2D eigenvalue weighted by Crippen LogP contribution is -2.25. The van der Waals surface area contributed by atoms with Gasteiger partial charge in [0.2, 0.25) is 0 Å². The standard InChI is InChI=1S/C14H19ClF3NO2/c1-9(2)7-21-8-11(20)6-19-10-3-4-13(15)12(5-10)14(16,17)18/h3-5,9,11,19-20H,6-8H2,1-2H3. The molecule has 0 aliphatic heterocycles. The largest absolute Gasteiger partial charge is 0.417 e. The van der Waals surface area contributed by atoms with Crippen molar-refractivity contribution in [2.24, 2.45) is 5.92 Å². The second kappa shape index (κ2) is 7.87. The maximum absolute atomic E-state index is 12.7. The van der Waals surface area contributed by atoms with Crippen LogP contribution in [-0.4, -0.2) is 31.0 Å². The van der Waals surface area contributed by atoms with Gasteiger partial charge < -0.3 is 15.2 Å². The predicted octanol–water partition coefficient (Wildman–Crippen LogP) is 3.80. The Bertz CT molecular complexity index is 452. The monoisotopic (exact) mass is 325 g/mol. The number of aliphatic hydroxyl groups is 1. The predicted molar refractivity (Wildman–Crippen MR) is 76.6 cm³/mol. The fourth-order valence-electron chi connectivity index (χ4n) is 1.59. The van der Waals surface area contributed by atoms with Crippen molar-refractivity contribution in [1.29, 1.82) is 0 Å². The molecule has 0 radical (unpaired) electrons. The third-order valence-electron chi connectivity index (χ3n) is 2.57. The zero-order valence-corrected chi connectivity index (χ0v) is 12.6. The maximum Gasteiger partial charge on any atom is 0.417 e. The van der Waals surface area contributed by atoms with Crippen molar-refractivity contribution in [3.8, 4) is 0 Å². The van der Waals surface area contributed by atoms with Gasteiger partial charge in [-0.3, -0.25) is 0 Å². The van der Waals surface area contributed by atoms with Gasteiger partial charge in [-0.1, -0.05) is 25.4 Å². The molecular weight excluding hydrogens is 307 g/mol. The molecule has 7 heteroatoms. The first-order valence-corrected chi connectivity index (χ1v) is 6.94. The molecule has 0 saturated heterocycles. The van der Waals surface area contributed by atoms with Crippen molar-refractivity contribution in [3.63, 3.8) is 0 Å². The number of benzene rings is 1. The van der Waals surface area contributed by atoms with Gasteiger partial charge >= 0.3 is 6.18 Å². The minimum Gasteiger partial charge on any atom is -0.389 e. The van der Waals surface area contributed by atoms with Gasteiger partial charge in [0.1, 0.15) is 0 Å². The summed E-state index contributed by atoms with van der Waals surface area (Å²) in [5.74, 6) is 0.357. The second-order valence-corrected chi connectivity index (χ2v) is 5.57. The summed E-state index contributed by atoms with van der Waals surface area (Å²) in [5, 5.41) is 12.1. The zero-order valence-electron chi connectivity index (χ0n) is 11.9. The number of nitrogens with one attached hydrogen (secondary N) is 1. The third kappa shape index (κ3) is 6.54. The summed E-state index contributed by atoms with van der Waals surface area (Å²) in [6, 6.07) is 3.53. The molecule has 0 spiro atoms. The van der Waals surface area contributed by atoms with E-state index >= 15 is 0 Å². The van der Waals surface area contributed by atoms with E-state index in [9.17, 15) is 18.3 Å². The molecule has 0 aliphatic rings. The van der Waals surface area contributed by atoms with E-state index in [1.807, 2.05) is 13.8 Å². The molecule has 120 valence electrons. The highest BCUT2D eigenvalue weighted by molar-refractivity contribution is 6.31. The van der Waals surface area contributed by atoms with Crippen molar-refractivity contribution in [2.45, 2.75) is 26.1 Å². The normalized spacial score (nSPS) is 13.5. The van der Waals surface area contributed by atoms with Crippen LogP contribution in [0.5, 0.6) is 0 Å². The quantitative estimate of drug-likeness (QED) is 0.801. The van der Waals surface area contributed by atoms with Gasteiger partial charge in [0.25, 0.3) is 0 Å². The number of alkyl halides is 3. The van der Waals surface area contributed by atoms with E-state index in [4.69, 9.17) is 16.3 Å². The summed E-state index contributed by atoms with van der Waals surface area (Å²) in [6.07, 6.45) is -5.30. The van der Waals surface area contributed by atoms with E-state index in [1.165, 1.54) is 12.1 Å². The van der Waals surface area contributed by atoms with Crippen LogP contribution in [-0.2, 0) is 10.9 Å². The molecule has 0 fully saturated rings. The topological polar surface area (TPSA) is 41.5 Å².